The number of hydrogen-bond donors (Lipinski definition) is 1. The molecule has 3 heteroatoms. The number of hydrazone groups is 1. The fourth-order valence-corrected chi connectivity index (χ4v) is 1.94. The van der Waals surface area contributed by atoms with Crippen LogP contribution in [0.2, 0.25) is 0 Å². The molecule has 1 N–H and O–H groups in total. The Bertz CT molecular complexity index is 685. The molecule has 0 unspecified atom stereocenters. The highest BCUT2D eigenvalue weighted by molar-refractivity contribution is 5.80. The summed E-state index contributed by atoms with van der Waals surface area (Å²) in [7, 11) is 0. The van der Waals surface area contributed by atoms with Crippen LogP contribution in [0.5, 0.6) is 0 Å². The Morgan fingerprint density at radius 3 is 2.30 bits per heavy atom. The third kappa shape index (κ3) is 2.95. The van der Waals surface area contributed by atoms with E-state index >= 15 is 0 Å². The molecule has 0 fully saturated rings. The van der Waals surface area contributed by atoms with E-state index in [2.05, 4.69) is 27.2 Å². The lowest BCUT2D eigenvalue weighted by Gasteiger charge is -2.00. The number of para-hydroxylation sites is 2. The van der Waals surface area contributed by atoms with Gasteiger partial charge < -0.3 is 4.57 Å². The van der Waals surface area contributed by atoms with Gasteiger partial charge in [0.15, 0.2) is 0 Å². The van der Waals surface area contributed by atoms with Gasteiger partial charge in [-0.05, 0) is 30.3 Å². The van der Waals surface area contributed by atoms with Crippen LogP contribution in [0.15, 0.2) is 84.2 Å². The molecule has 0 saturated carbocycles. The molecule has 0 amide bonds. The van der Waals surface area contributed by atoms with Gasteiger partial charge in [-0.3, -0.25) is 5.43 Å². The topological polar surface area (TPSA) is 29.3 Å². The Morgan fingerprint density at radius 1 is 0.850 bits per heavy atom. The molecule has 1 heterocycles. The van der Waals surface area contributed by atoms with Crippen LogP contribution in [-0.2, 0) is 0 Å². The Morgan fingerprint density at radius 2 is 1.55 bits per heavy atom. The number of benzene rings is 2. The highest BCUT2D eigenvalue weighted by Crippen LogP contribution is 2.09. The van der Waals surface area contributed by atoms with Gasteiger partial charge in [-0.2, -0.15) is 5.10 Å². The van der Waals surface area contributed by atoms with Crippen LogP contribution in [0.3, 0.4) is 0 Å². The highest BCUT2D eigenvalue weighted by Gasteiger charge is 1.96. The minimum atomic E-state index is 0.978. The van der Waals surface area contributed by atoms with Crippen molar-refractivity contribution in [3.8, 4) is 5.69 Å². The summed E-state index contributed by atoms with van der Waals surface area (Å²) in [6, 6.07) is 22.1. The van der Waals surface area contributed by atoms with Crippen molar-refractivity contribution in [2.75, 3.05) is 5.43 Å². The fourth-order valence-electron chi connectivity index (χ4n) is 1.94. The standard InChI is InChI=1S/C17H15N3/c1-3-7-16(8-4-1)19-18-13-15-11-12-20(14-15)17-9-5-2-6-10-17/h1-14,19H/b18-13-. The third-order valence-corrected chi connectivity index (χ3v) is 2.95. The summed E-state index contributed by atoms with van der Waals surface area (Å²) in [6.45, 7) is 0. The molecule has 2 aromatic carbocycles. The zero-order valence-corrected chi connectivity index (χ0v) is 11.0. The van der Waals surface area contributed by atoms with Crippen molar-refractivity contribution in [1.29, 1.82) is 0 Å². The first-order valence-electron chi connectivity index (χ1n) is 6.49. The summed E-state index contributed by atoms with van der Waals surface area (Å²) in [6.07, 6.45) is 5.89. The van der Waals surface area contributed by atoms with Crippen molar-refractivity contribution < 1.29 is 0 Å². The molecule has 20 heavy (non-hydrogen) atoms. The summed E-state index contributed by atoms with van der Waals surface area (Å²) in [5.74, 6) is 0. The number of nitrogens with zero attached hydrogens (tertiary/aromatic N) is 2. The van der Waals surface area contributed by atoms with Crippen molar-refractivity contribution in [3.63, 3.8) is 0 Å². The molecule has 3 nitrogen and oxygen atoms in total. The van der Waals surface area contributed by atoms with Crippen LogP contribution in [0, 0.1) is 0 Å². The molecule has 0 radical (unpaired) electrons. The van der Waals surface area contributed by atoms with Crippen LogP contribution in [-0.4, -0.2) is 10.8 Å². The Kier molecular flexibility index (Phi) is 3.60. The number of aromatic nitrogens is 1. The first-order valence-corrected chi connectivity index (χ1v) is 6.49. The van der Waals surface area contributed by atoms with Gasteiger partial charge >= 0.3 is 0 Å². The molecule has 98 valence electrons. The van der Waals surface area contributed by atoms with Crippen molar-refractivity contribution in [1.82, 2.24) is 4.57 Å². The second-order valence-corrected chi connectivity index (χ2v) is 4.42. The van der Waals surface area contributed by atoms with E-state index in [0.29, 0.717) is 0 Å². The molecule has 0 aliphatic heterocycles. The van der Waals surface area contributed by atoms with Gasteiger partial charge in [0, 0.05) is 23.6 Å². The lowest BCUT2D eigenvalue weighted by atomic mass is 10.3. The van der Waals surface area contributed by atoms with E-state index in [4.69, 9.17) is 0 Å². The van der Waals surface area contributed by atoms with Crippen molar-refractivity contribution in [2.45, 2.75) is 0 Å². The van der Waals surface area contributed by atoms with Crippen LogP contribution < -0.4 is 5.43 Å². The van der Waals surface area contributed by atoms with Gasteiger partial charge in [0.05, 0.1) is 11.9 Å². The van der Waals surface area contributed by atoms with E-state index in [1.54, 1.807) is 0 Å². The van der Waals surface area contributed by atoms with E-state index in [-0.39, 0.29) is 0 Å². The maximum Gasteiger partial charge on any atom is 0.0561 e. The van der Waals surface area contributed by atoms with Gasteiger partial charge in [-0.15, -0.1) is 0 Å². The maximum atomic E-state index is 4.23. The largest absolute Gasteiger partial charge is 0.323 e. The molecule has 0 atom stereocenters. The summed E-state index contributed by atoms with van der Waals surface area (Å²) in [4.78, 5) is 0. The van der Waals surface area contributed by atoms with E-state index in [1.807, 2.05) is 73.2 Å². The Hall–Kier alpha value is -2.81. The monoisotopic (exact) mass is 261 g/mol. The van der Waals surface area contributed by atoms with E-state index < -0.39 is 0 Å². The predicted octanol–water partition coefficient (Wildman–Crippen LogP) is 3.92. The van der Waals surface area contributed by atoms with Crippen LogP contribution in [0.1, 0.15) is 5.56 Å². The lowest BCUT2D eigenvalue weighted by Crippen LogP contribution is -1.90. The van der Waals surface area contributed by atoms with E-state index in [9.17, 15) is 0 Å². The van der Waals surface area contributed by atoms with Crippen LogP contribution in [0.25, 0.3) is 5.69 Å². The Labute approximate surface area is 118 Å². The second kappa shape index (κ2) is 5.89. The summed E-state index contributed by atoms with van der Waals surface area (Å²) in [5, 5.41) is 4.23. The molecular formula is C17H15N3. The van der Waals surface area contributed by atoms with Gasteiger partial charge in [-0.1, -0.05) is 36.4 Å². The molecule has 3 rings (SSSR count). The quantitative estimate of drug-likeness (QED) is 0.559. The van der Waals surface area contributed by atoms with Crippen molar-refractivity contribution >= 4 is 11.9 Å². The molecule has 0 saturated heterocycles. The Balaban J connectivity index is 1.69. The summed E-state index contributed by atoms with van der Waals surface area (Å²) >= 11 is 0. The minimum absolute atomic E-state index is 0.978. The molecule has 0 spiro atoms. The smallest absolute Gasteiger partial charge is 0.0561 e. The summed E-state index contributed by atoms with van der Waals surface area (Å²) < 4.78 is 2.07. The second-order valence-electron chi connectivity index (χ2n) is 4.42. The third-order valence-electron chi connectivity index (χ3n) is 2.95. The van der Waals surface area contributed by atoms with Crippen molar-refractivity contribution in [3.05, 3.63) is 84.7 Å². The molecule has 0 bridgehead atoms. The molecular weight excluding hydrogens is 246 g/mol. The number of rotatable bonds is 4. The number of hydrogen-bond acceptors (Lipinski definition) is 2. The predicted molar refractivity (Wildman–Crippen MR) is 83.4 cm³/mol. The first-order chi connectivity index (χ1) is 9.92. The van der Waals surface area contributed by atoms with Crippen molar-refractivity contribution in [2.24, 2.45) is 5.10 Å². The lowest BCUT2D eigenvalue weighted by molar-refractivity contribution is 1.08. The zero-order valence-electron chi connectivity index (χ0n) is 11.0. The number of nitrogens with one attached hydrogen (secondary N) is 1. The van der Waals surface area contributed by atoms with Gasteiger partial charge in [0.25, 0.3) is 0 Å². The average molecular weight is 261 g/mol. The molecule has 0 aliphatic carbocycles. The molecule has 0 aliphatic rings. The summed E-state index contributed by atoms with van der Waals surface area (Å²) in [5.41, 5.74) is 6.18. The minimum Gasteiger partial charge on any atom is -0.323 e. The van der Waals surface area contributed by atoms with Gasteiger partial charge in [-0.25, -0.2) is 0 Å². The average Bonchev–Trinajstić information content (AvgIpc) is 2.98. The van der Waals surface area contributed by atoms with E-state index in [0.717, 1.165) is 16.9 Å². The fraction of sp³-hybridized carbons (Fsp3) is 0. The first kappa shape index (κ1) is 12.2. The van der Waals surface area contributed by atoms with E-state index in [1.165, 1.54) is 0 Å². The van der Waals surface area contributed by atoms with Gasteiger partial charge in [0.2, 0.25) is 0 Å². The zero-order chi connectivity index (χ0) is 13.6. The van der Waals surface area contributed by atoms with Crippen LogP contribution >= 0.6 is 0 Å². The normalized spacial score (nSPS) is 10.8. The SMILES string of the molecule is C(=N/Nc1ccccc1)/c1ccn(-c2ccccc2)c1. The highest BCUT2D eigenvalue weighted by atomic mass is 15.3. The number of anilines is 1. The van der Waals surface area contributed by atoms with Gasteiger partial charge in [0.1, 0.15) is 0 Å². The maximum absolute atomic E-state index is 4.23. The molecule has 3 aromatic rings. The molecule has 1 aromatic heterocycles. The van der Waals surface area contributed by atoms with Crippen LogP contribution in [0.4, 0.5) is 5.69 Å².